The molecule has 1 fully saturated rings. The molecule has 0 aliphatic carbocycles. The van der Waals surface area contributed by atoms with Crippen LogP contribution in [0.3, 0.4) is 0 Å². The van der Waals surface area contributed by atoms with E-state index in [1.54, 1.807) is 7.11 Å². The summed E-state index contributed by atoms with van der Waals surface area (Å²) in [5.74, 6) is 1.25. The third kappa shape index (κ3) is 2.50. The van der Waals surface area contributed by atoms with Gasteiger partial charge in [0.15, 0.2) is 0 Å². The predicted octanol–water partition coefficient (Wildman–Crippen LogP) is 2.90. The van der Waals surface area contributed by atoms with Gasteiger partial charge in [-0.15, -0.1) is 11.6 Å². The third-order valence-electron chi connectivity index (χ3n) is 3.16. The van der Waals surface area contributed by atoms with Crippen LogP contribution in [0.2, 0.25) is 0 Å². The molecule has 88 valence electrons. The molecule has 1 atom stereocenters. The number of alkyl halides is 1. The van der Waals surface area contributed by atoms with Gasteiger partial charge in [0.1, 0.15) is 0 Å². The molecule has 0 aromatic heterocycles. The highest BCUT2D eigenvalue weighted by Gasteiger charge is 2.23. The summed E-state index contributed by atoms with van der Waals surface area (Å²) in [6.45, 7) is 3.06. The van der Waals surface area contributed by atoms with E-state index in [1.807, 2.05) is 6.07 Å². The molecule has 1 unspecified atom stereocenters. The van der Waals surface area contributed by atoms with Crippen LogP contribution in [0.5, 0.6) is 0 Å². The van der Waals surface area contributed by atoms with Gasteiger partial charge in [-0.2, -0.15) is 0 Å². The summed E-state index contributed by atoms with van der Waals surface area (Å²) in [6.07, 6.45) is 1.21. The van der Waals surface area contributed by atoms with Crippen LogP contribution in [0.1, 0.15) is 12.0 Å². The molecule has 1 saturated heterocycles. The molecule has 1 aromatic carbocycles. The Morgan fingerprint density at radius 3 is 3.00 bits per heavy atom. The van der Waals surface area contributed by atoms with E-state index in [1.165, 1.54) is 17.7 Å². The Bertz CT molecular complexity index is 342. The van der Waals surface area contributed by atoms with Gasteiger partial charge in [0, 0.05) is 37.7 Å². The van der Waals surface area contributed by atoms with E-state index in [2.05, 4.69) is 23.1 Å². The highest BCUT2D eigenvalue weighted by Crippen LogP contribution is 2.27. The van der Waals surface area contributed by atoms with Gasteiger partial charge in [0.05, 0.1) is 6.61 Å². The minimum atomic E-state index is 0.585. The van der Waals surface area contributed by atoms with E-state index in [4.69, 9.17) is 16.3 Å². The number of para-hydroxylation sites is 1. The molecule has 0 saturated carbocycles. The van der Waals surface area contributed by atoms with Gasteiger partial charge in [-0.1, -0.05) is 18.2 Å². The number of ether oxygens (including phenoxy) is 1. The summed E-state index contributed by atoms with van der Waals surface area (Å²) in [5, 5.41) is 0. The quantitative estimate of drug-likeness (QED) is 0.750. The van der Waals surface area contributed by atoms with E-state index in [9.17, 15) is 0 Å². The van der Waals surface area contributed by atoms with Crippen molar-refractivity contribution in [3.8, 4) is 0 Å². The second kappa shape index (κ2) is 5.55. The van der Waals surface area contributed by atoms with E-state index in [0.29, 0.717) is 11.8 Å². The Morgan fingerprint density at radius 2 is 2.25 bits per heavy atom. The van der Waals surface area contributed by atoms with Gasteiger partial charge in [-0.05, 0) is 18.1 Å². The van der Waals surface area contributed by atoms with Crippen LogP contribution in [0, 0.1) is 5.92 Å². The lowest BCUT2D eigenvalue weighted by atomic mass is 10.1. The Morgan fingerprint density at radius 1 is 1.44 bits per heavy atom. The number of hydrogen-bond acceptors (Lipinski definition) is 2. The zero-order valence-corrected chi connectivity index (χ0v) is 10.4. The van der Waals surface area contributed by atoms with Gasteiger partial charge in [0.25, 0.3) is 0 Å². The zero-order chi connectivity index (χ0) is 11.4. The van der Waals surface area contributed by atoms with Crippen molar-refractivity contribution < 1.29 is 4.74 Å². The maximum Gasteiger partial charge on any atom is 0.0508 e. The van der Waals surface area contributed by atoms with Crippen LogP contribution in [0.4, 0.5) is 5.69 Å². The van der Waals surface area contributed by atoms with Crippen LogP contribution >= 0.6 is 11.6 Å². The van der Waals surface area contributed by atoms with Gasteiger partial charge in [0.2, 0.25) is 0 Å². The molecule has 1 aliphatic rings. The summed E-state index contributed by atoms with van der Waals surface area (Å²) in [7, 11) is 1.77. The number of benzene rings is 1. The van der Waals surface area contributed by atoms with Crippen molar-refractivity contribution >= 4 is 17.3 Å². The van der Waals surface area contributed by atoms with Crippen molar-refractivity contribution in [3.63, 3.8) is 0 Å². The molecule has 2 nitrogen and oxygen atoms in total. The van der Waals surface area contributed by atoms with Gasteiger partial charge in [-0.3, -0.25) is 0 Å². The van der Waals surface area contributed by atoms with Gasteiger partial charge < -0.3 is 9.64 Å². The molecule has 0 spiro atoms. The maximum absolute atomic E-state index is 5.96. The number of halogens is 1. The van der Waals surface area contributed by atoms with Crippen molar-refractivity contribution in [1.82, 2.24) is 0 Å². The summed E-state index contributed by atoms with van der Waals surface area (Å²) >= 11 is 5.96. The highest BCUT2D eigenvalue weighted by molar-refractivity contribution is 6.17. The fourth-order valence-corrected chi connectivity index (χ4v) is 2.58. The van der Waals surface area contributed by atoms with Crippen molar-refractivity contribution in [2.24, 2.45) is 5.92 Å². The Hall–Kier alpha value is -0.730. The molecule has 1 aromatic rings. The van der Waals surface area contributed by atoms with E-state index in [-0.39, 0.29) is 0 Å². The second-order valence-electron chi connectivity index (χ2n) is 4.32. The highest BCUT2D eigenvalue weighted by atomic mass is 35.5. The lowest BCUT2D eigenvalue weighted by Gasteiger charge is -2.21. The average Bonchev–Trinajstić information content (AvgIpc) is 2.78. The van der Waals surface area contributed by atoms with Crippen molar-refractivity contribution in [1.29, 1.82) is 0 Å². The van der Waals surface area contributed by atoms with Crippen LogP contribution in [0.25, 0.3) is 0 Å². The molecule has 1 aliphatic heterocycles. The molecule has 1 heterocycles. The van der Waals surface area contributed by atoms with Crippen LogP contribution in [-0.4, -0.2) is 26.8 Å². The summed E-state index contributed by atoms with van der Waals surface area (Å²) < 4.78 is 5.21. The van der Waals surface area contributed by atoms with E-state index >= 15 is 0 Å². The largest absolute Gasteiger partial charge is 0.384 e. The molecule has 16 heavy (non-hydrogen) atoms. The smallest absolute Gasteiger partial charge is 0.0508 e. The maximum atomic E-state index is 5.96. The predicted molar refractivity (Wildman–Crippen MR) is 68.2 cm³/mol. The number of hydrogen-bond donors (Lipinski definition) is 0. The molecule has 0 N–H and O–H groups in total. The van der Waals surface area contributed by atoms with Crippen molar-refractivity contribution in [2.75, 3.05) is 31.7 Å². The van der Waals surface area contributed by atoms with Crippen LogP contribution in [0.15, 0.2) is 24.3 Å². The normalized spacial score (nSPS) is 20.4. The molecule has 3 heteroatoms. The minimum Gasteiger partial charge on any atom is -0.384 e. The van der Waals surface area contributed by atoms with Gasteiger partial charge in [-0.25, -0.2) is 0 Å². The first kappa shape index (κ1) is 11.7. The average molecular weight is 240 g/mol. The fraction of sp³-hybridized carbons (Fsp3) is 0.538. The molecular weight excluding hydrogens is 222 g/mol. The molecule has 0 bridgehead atoms. The van der Waals surface area contributed by atoms with Crippen LogP contribution < -0.4 is 4.90 Å². The minimum absolute atomic E-state index is 0.585. The molecular formula is C13H18ClNO. The number of nitrogens with zero attached hydrogens (tertiary/aromatic N) is 1. The fourth-order valence-electron chi connectivity index (χ4n) is 2.36. The number of anilines is 1. The van der Waals surface area contributed by atoms with Crippen molar-refractivity contribution in [3.05, 3.63) is 29.8 Å². The Balaban J connectivity index is 2.08. The molecule has 2 rings (SSSR count). The van der Waals surface area contributed by atoms with Crippen molar-refractivity contribution in [2.45, 2.75) is 12.3 Å². The Kier molecular flexibility index (Phi) is 4.08. The lowest BCUT2D eigenvalue weighted by molar-refractivity contribution is 0.161. The monoisotopic (exact) mass is 239 g/mol. The van der Waals surface area contributed by atoms with Gasteiger partial charge >= 0.3 is 0 Å². The standard InChI is InChI=1S/C13H18ClNO/c1-16-10-11-6-7-15(9-11)13-5-3-2-4-12(13)8-14/h2-5,11H,6-10H2,1H3. The van der Waals surface area contributed by atoms with E-state index < -0.39 is 0 Å². The SMILES string of the molecule is COCC1CCN(c2ccccc2CCl)C1. The molecule has 0 amide bonds. The first-order chi connectivity index (χ1) is 7.85. The topological polar surface area (TPSA) is 12.5 Å². The first-order valence-corrected chi connectivity index (χ1v) is 6.26. The molecule has 0 radical (unpaired) electrons. The zero-order valence-electron chi connectivity index (χ0n) is 9.66. The number of rotatable bonds is 4. The van der Waals surface area contributed by atoms with E-state index in [0.717, 1.165) is 19.7 Å². The Labute approximate surface area is 102 Å². The second-order valence-corrected chi connectivity index (χ2v) is 4.59. The number of methoxy groups -OCH3 is 1. The summed E-state index contributed by atoms with van der Waals surface area (Å²) in [4.78, 5) is 2.42. The summed E-state index contributed by atoms with van der Waals surface area (Å²) in [6, 6.07) is 8.39. The first-order valence-electron chi connectivity index (χ1n) is 5.73. The van der Waals surface area contributed by atoms with Crippen LogP contribution in [-0.2, 0) is 10.6 Å². The third-order valence-corrected chi connectivity index (χ3v) is 3.45. The lowest BCUT2D eigenvalue weighted by Crippen LogP contribution is -2.21. The summed E-state index contributed by atoms with van der Waals surface area (Å²) in [5.41, 5.74) is 2.51.